The number of aromatic carboxylic acids is 1. The monoisotopic (exact) mass is 396 g/mol. The van der Waals surface area contributed by atoms with Gasteiger partial charge in [-0.3, -0.25) is 0 Å². The van der Waals surface area contributed by atoms with E-state index in [9.17, 15) is 14.3 Å². The molecule has 3 heterocycles. The van der Waals surface area contributed by atoms with Crippen LogP contribution in [0.5, 0.6) is 0 Å². The molecule has 0 radical (unpaired) electrons. The van der Waals surface area contributed by atoms with Gasteiger partial charge in [0.25, 0.3) is 0 Å². The maximum Gasteiger partial charge on any atom is 0.227 e. The first-order valence-electron chi connectivity index (χ1n) is 9.26. The van der Waals surface area contributed by atoms with E-state index in [1.165, 1.54) is 12.1 Å². The Labute approximate surface area is 166 Å². The zero-order valence-corrected chi connectivity index (χ0v) is 15.8. The van der Waals surface area contributed by atoms with E-state index in [-0.39, 0.29) is 23.2 Å². The molecular weight excluding hydrogens is 377 g/mol. The number of aryl methyl sites for hydroxylation is 1. The number of halogens is 1. The summed E-state index contributed by atoms with van der Waals surface area (Å²) in [6.45, 7) is 3.20. The lowest BCUT2D eigenvalue weighted by Gasteiger charge is -2.26. The number of nitrogens with one attached hydrogen (secondary N) is 1. The number of imidazole rings is 1. The number of anilines is 2. The maximum atomic E-state index is 14.6. The number of carboxylic acids is 1. The molecule has 8 nitrogen and oxygen atoms in total. The Morgan fingerprint density at radius 3 is 2.62 bits per heavy atom. The van der Waals surface area contributed by atoms with E-state index >= 15 is 0 Å². The average Bonchev–Trinajstić information content (AvgIpc) is 3.11. The first kappa shape index (κ1) is 19.0. The van der Waals surface area contributed by atoms with Crippen LogP contribution in [0.3, 0.4) is 0 Å². The summed E-state index contributed by atoms with van der Waals surface area (Å²) in [6.07, 6.45) is 4.38. The lowest BCUT2D eigenvalue weighted by atomic mass is 10.1. The number of rotatable bonds is 5. The van der Waals surface area contributed by atoms with Gasteiger partial charge < -0.3 is 24.5 Å². The SMILES string of the molecule is Cc1ncc(-c2nc(Nc3ccc(C(=O)[O-])cc3)ncc2F)n1C1CCOCC1. The van der Waals surface area contributed by atoms with Crippen LogP contribution in [0.2, 0.25) is 0 Å². The highest BCUT2D eigenvalue weighted by molar-refractivity contribution is 5.86. The van der Waals surface area contributed by atoms with Gasteiger partial charge in [-0.15, -0.1) is 0 Å². The molecule has 0 spiro atoms. The highest BCUT2D eigenvalue weighted by Gasteiger charge is 2.23. The van der Waals surface area contributed by atoms with Gasteiger partial charge in [0.1, 0.15) is 11.5 Å². The molecule has 0 aliphatic carbocycles. The van der Waals surface area contributed by atoms with E-state index in [0.29, 0.717) is 24.6 Å². The Bertz CT molecular complexity index is 1030. The van der Waals surface area contributed by atoms with Gasteiger partial charge in [-0.25, -0.2) is 19.3 Å². The predicted octanol–water partition coefficient (Wildman–Crippen LogP) is 2.25. The lowest BCUT2D eigenvalue weighted by molar-refractivity contribution is -0.255. The molecule has 3 aromatic rings. The van der Waals surface area contributed by atoms with E-state index in [2.05, 4.69) is 20.3 Å². The number of hydrogen-bond donors (Lipinski definition) is 1. The van der Waals surface area contributed by atoms with Crippen LogP contribution in [0.4, 0.5) is 16.0 Å². The fourth-order valence-corrected chi connectivity index (χ4v) is 3.46. The number of nitrogens with zero attached hydrogens (tertiary/aromatic N) is 4. The van der Waals surface area contributed by atoms with E-state index < -0.39 is 11.8 Å². The highest BCUT2D eigenvalue weighted by atomic mass is 19.1. The summed E-state index contributed by atoms with van der Waals surface area (Å²) in [7, 11) is 0. The van der Waals surface area contributed by atoms with E-state index in [1.807, 2.05) is 11.5 Å². The standard InChI is InChI=1S/C20H20FN5O3/c1-12-22-11-17(26(12)15-6-8-29-9-7-15)18-16(21)10-23-20(25-18)24-14-4-2-13(3-5-14)19(27)28/h2-5,10-11,15H,6-9H2,1H3,(H,27,28)(H,23,24,25)/p-1. The maximum absolute atomic E-state index is 14.6. The third-order valence-electron chi connectivity index (χ3n) is 4.90. The minimum Gasteiger partial charge on any atom is -0.545 e. The summed E-state index contributed by atoms with van der Waals surface area (Å²) >= 11 is 0. The molecule has 150 valence electrons. The van der Waals surface area contributed by atoms with Gasteiger partial charge in [0.15, 0.2) is 5.82 Å². The molecule has 1 fully saturated rings. The second-order valence-corrected chi connectivity index (χ2v) is 6.78. The summed E-state index contributed by atoms with van der Waals surface area (Å²) in [4.78, 5) is 23.6. The molecule has 9 heteroatoms. The summed E-state index contributed by atoms with van der Waals surface area (Å²) in [5, 5.41) is 13.8. The summed E-state index contributed by atoms with van der Waals surface area (Å²) in [5.41, 5.74) is 1.37. The van der Waals surface area contributed by atoms with Crippen molar-refractivity contribution in [3.05, 3.63) is 53.9 Å². The van der Waals surface area contributed by atoms with Crippen LogP contribution < -0.4 is 10.4 Å². The fourth-order valence-electron chi connectivity index (χ4n) is 3.46. The van der Waals surface area contributed by atoms with Crippen molar-refractivity contribution >= 4 is 17.6 Å². The molecule has 0 atom stereocenters. The van der Waals surface area contributed by atoms with Crippen LogP contribution in [0.1, 0.15) is 35.1 Å². The van der Waals surface area contributed by atoms with Gasteiger partial charge in [0.2, 0.25) is 5.95 Å². The van der Waals surface area contributed by atoms with Gasteiger partial charge in [0, 0.05) is 24.9 Å². The van der Waals surface area contributed by atoms with Crippen molar-refractivity contribution in [1.29, 1.82) is 0 Å². The van der Waals surface area contributed by atoms with Crippen molar-refractivity contribution < 1.29 is 19.0 Å². The molecule has 0 bridgehead atoms. The Kier molecular flexibility index (Phi) is 5.22. The molecule has 1 saturated heterocycles. The molecule has 1 N–H and O–H groups in total. The molecule has 29 heavy (non-hydrogen) atoms. The molecule has 1 aromatic carbocycles. The van der Waals surface area contributed by atoms with E-state index in [4.69, 9.17) is 4.74 Å². The van der Waals surface area contributed by atoms with Gasteiger partial charge in [0.05, 0.1) is 24.1 Å². The van der Waals surface area contributed by atoms with Crippen LogP contribution in [0.15, 0.2) is 36.7 Å². The molecule has 0 amide bonds. The average molecular weight is 396 g/mol. The van der Waals surface area contributed by atoms with Crippen LogP contribution in [-0.4, -0.2) is 38.7 Å². The molecule has 0 saturated carbocycles. The normalized spacial score (nSPS) is 14.7. The molecule has 0 unspecified atom stereocenters. The van der Waals surface area contributed by atoms with E-state index in [1.54, 1.807) is 18.3 Å². The smallest absolute Gasteiger partial charge is 0.227 e. The summed E-state index contributed by atoms with van der Waals surface area (Å²) < 4.78 is 22.0. The van der Waals surface area contributed by atoms with Gasteiger partial charge in [-0.05, 0) is 37.5 Å². The number of carbonyl (C=O) groups is 1. The zero-order valence-electron chi connectivity index (χ0n) is 15.8. The number of aromatic nitrogens is 4. The molecular formula is C20H19FN5O3-. The van der Waals surface area contributed by atoms with Crippen LogP contribution in [-0.2, 0) is 4.74 Å². The van der Waals surface area contributed by atoms with Crippen molar-refractivity contribution in [3.63, 3.8) is 0 Å². The van der Waals surface area contributed by atoms with Crippen LogP contribution in [0.25, 0.3) is 11.4 Å². The predicted molar refractivity (Wildman–Crippen MR) is 101 cm³/mol. The number of benzene rings is 1. The third-order valence-corrected chi connectivity index (χ3v) is 4.90. The summed E-state index contributed by atoms with van der Waals surface area (Å²) in [6, 6.07) is 6.11. The van der Waals surface area contributed by atoms with Crippen molar-refractivity contribution in [3.8, 4) is 11.4 Å². The highest BCUT2D eigenvalue weighted by Crippen LogP contribution is 2.31. The van der Waals surface area contributed by atoms with Crippen LogP contribution in [0, 0.1) is 12.7 Å². The number of carbonyl (C=O) groups excluding carboxylic acids is 1. The molecule has 4 rings (SSSR count). The lowest BCUT2D eigenvalue weighted by Crippen LogP contribution is -2.22. The third kappa shape index (κ3) is 3.95. The van der Waals surface area contributed by atoms with Gasteiger partial charge >= 0.3 is 0 Å². The fraction of sp³-hybridized carbons (Fsp3) is 0.300. The van der Waals surface area contributed by atoms with Gasteiger partial charge in [-0.2, -0.15) is 0 Å². The number of hydrogen-bond acceptors (Lipinski definition) is 7. The molecule has 1 aliphatic heterocycles. The van der Waals surface area contributed by atoms with Crippen molar-refractivity contribution in [1.82, 2.24) is 19.5 Å². The van der Waals surface area contributed by atoms with Crippen molar-refractivity contribution in [2.45, 2.75) is 25.8 Å². The Morgan fingerprint density at radius 2 is 1.93 bits per heavy atom. The van der Waals surface area contributed by atoms with Crippen molar-refractivity contribution in [2.24, 2.45) is 0 Å². The summed E-state index contributed by atoms with van der Waals surface area (Å²) in [5.74, 6) is -0.818. The quantitative estimate of drug-likeness (QED) is 0.705. The molecule has 1 aliphatic rings. The Balaban J connectivity index is 1.65. The minimum atomic E-state index is -1.26. The second-order valence-electron chi connectivity index (χ2n) is 6.78. The van der Waals surface area contributed by atoms with Crippen LogP contribution >= 0.6 is 0 Å². The largest absolute Gasteiger partial charge is 0.545 e. The number of carboxylic acid groups (broad SMARTS) is 1. The van der Waals surface area contributed by atoms with Gasteiger partial charge in [-0.1, -0.05) is 12.1 Å². The van der Waals surface area contributed by atoms with Crippen molar-refractivity contribution in [2.75, 3.05) is 18.5 Å². The minimum absolute atomic E-state index is 0.0621. The molecule has 2 aromatic heterocycles. The first-order chi connectivity index (χ1) is 14.0. The Hall–Kier alpha value is -3.33. The topological polar surface area (TPSA) is 105 Å². The zero-order chi connectivity index (χ0) is 20.4. The van der Waals surface area contributed by atoms with E-state index in [0.717, 1.165) is 24.9 Å². The Morgan fingerprint density at radius 1 is 1.21 bits per heavy atom. The number of ether oxygens (including phenoxy) is 1. The first-order valence-corrected chi connectivity index (χ1v) is 9.26. The second kappa shape index (κ2) is 7.96.